The first-order valence-electron chi connectivity index (χ1n) is 4.32. The summed E-state index contributed by atoms with van der Waals surface area (Å²) in [5.74, 6) is -0.252. The van der Waals surface area contributed by atoms with E-state index in [0.29, 0.717) is 18.4 Å². The second-order valence-corrected chi connectivity index (χ2v) is 2.85. The highest BCUT2D eigenvalue weighted by atomic mass is 16.5. The molecule has 0 aliphatic rings. The third-order valence-electron chi connectivity index (χ3n) is 1.96. The Hall–Kier alpha value is -1.82. The molecule has 14 heavy (non-hydrogen) atoms. The topological polar surface area (TPSA) is 50.1 Å². The van der Waals surface area contributed by atoms with E-state index in [4.69, 9.17) is 5.26 Å². The van der Waals surface area contributed by atoms with Crippen LogP contribution in [0.15, 0.2) is 24.3 Å². The second kappa shape index (κ2) is 5.03. The molecule has 0 N–H and O–H groups in total. The van der Waals surface area contributed by atoms with Gasteiger partial charge in [-0.05, 0) is 18.1 Å². The SMILES string of the molecule is COC(=O)CCc1ccccc1C#N. The highest BCUT2D eigenvalue weighted by molar-refractivity contribution is 5.69. The van der Waals surface area contributed by atoms with Gasteiger partial charge in [-0.2, -0.15) is 5.26 Å². The van der Waals surface area contributed by atoms with E-state index in [1.807, 2.05) is 12.1 Å². The predicted octanol–water partition coefficient (Wildman–Crippen LogP) is 1.66. The highest BCUT2D eigenvalue weighted by Gasteiger charge is 2.04. The van der Waals surface area contributed by atoms with Gasteiger partial charge in [-0.25, -0.2) is 0 Å². The molecule has 1 aromatic rings. The van der Waals surface area contributed by atoms with E-state index in [-0.39, 0.29) is 5.97 Å². The van der Waals surface area contributed by atoms with Crippen LogP contribution in [0.5, 0.6) is 0 Å². The molecule has 0 radical (unpaired) electrons. The number of hydrogen-bond donors (Lipinski definition) is 0. The van der Waals surface area contributed by atoms with Crippen LogP contribution in [0.3, 0.4) is 0 Å². The summed E-state index contributed by atoms with van der Waals surface area (Å²) in [6.45, 7) is 0. The number of esters is 1. The molecule has 3 nitrogen and oxygen atoms in total. The number of nitriles is 1. The molecule has 0 aliphatic heterocycles. The average Bonchev–Trinajstić information content (AvgIpc) is 2.26. The third-order valence-corrected chi connectivity index (χ3v) is 1.96. The monoisotopic (exact) mass is 189 g/mol. The first-order chi connectivity index (χ1) is 6.77. The van der Waals surface area contributed by atoms with Gasteiger partial charge < -0.3 is 4.74 Å². The Labute approximate surface area is 82.9 Å². The minimum atomic E-state index is -0.252. The van der Waals surface area contributed by atoms with Crippen LogP contribution in [-0.4, -0.2) is 13.1 Å². The molecule has 0 spiro atoms. The molecule has 0 atom stereocenters. The van der Waals surface area contributed by atoms with Gasteiger partial charge >= 0.3 is 5.97 Å². The van der Waals surface area contributed by atoms with Crippen LogP contribution < -0.4 is 0 Å². The van der Waals surface area contributed by atoms with Gasteiger partial charge in [-0.3, -0.25) is 4.79 Å². The zero-order valence-corrected chi connectivity index (χ0v) is 7.99. The molecule has 0 saturated heterocycles. The number of methoxy groups -OCH3 is 1. The Morgan fingerprint density at radius 2 is 2.21 bits per heavy atom. The predicted molar refractivity (Wildman–Crippen MR) is 51.5 cm³/mol. The number of carbonyl (C=O) groups is 1. The number of rotatable bonds is 3. The third kappa shape index (κ3) is 2.60. The summed E-state index contributed by atoms with van der Waals surface area (Å²) in [6.07, 6.45) is 0.867. The molecular formula is C11H11NO2. The summed E-state index contributed by atoms with van der Waals surface area (Å²) in [5, 5.41) is 8.77. The molecule has 0 aliphatic carbocycles. The van der Waals surface area contributed by atoms with E-state index < -0.39 is 0 Å². The molecule has 0 aromatic heterocycles. The summed E-state index contributed by atoms with van der Waals surface area (Å²) < 4.78 is 4.52. The number of aryl methyl sites for hydroxylation is 1. The minimum Gasteiger partial charge on any atom is -0.469 e. The van der Waals surface area contributed by atoms with E-state index in [0.717, 1.165) is 5.56 Å². The molecule has 0 heterocycles. The van der Waals surface area contributed by atoms with Gasteiger partial charge in [-0.1, -0.05) is 18.2 Å². The van der Waals surface area contributed by atoms with Crippen molar-refractivity contribution < 1.29 is 9.53 Å². The maximum atomic E-state index is 10.9. The van der Waals surface area contributed by atoms with Crippen molar-refractivity contribution in [3.8, 4) is 6.07 Å². The fourth-order valence-corrected chi connectivity index (χ4v) is 1.19. The fourth-order valence-electron chi connectivity index (χ4n) is 1.19. The van der Waals surface area contributed by atoms with Crippen molar-refractivity contribution in [2.75, 3.05) is 7.11 Å². The fraction of sp³-hybridized carbons (Fsp3) is 0.273. The zero-order valence-electron chi connectivity index (χ0n) is 7.99. The number of hydrogen-bond acceptors (Lipinski definition) is 3. The lowest BCUT2D eigenvalue weighted by Crippen LogP contribution is -2.02. The normalized spacial score (nSPS) is 9.14. The van der Waals surface area contributed by atoms with Crippen LogP contribution in [0.2, 0.25) is 0 Å². The van der Waals surface area contributed by atoms with Crippen LogP contribution in [0, 0.1) is 11.3 Å². The Kier molecular flexibility index (Phi) is 3.69. The van der Waals surface area contributed by atoms with Crippen molar-refractivity contribution in [3.05, 3.63) is 35.4 Å². The standard InChI is InChI=1S/C11H11NO2/c1-14-11(13)7-6-9-4-2-3-5-10(9)8-12/h2-5H,6-7H2,1H3. The first kappa shape index (κ1) is 10.3. The van der Waals surface area contributed by atoms with E-state index in [2.05, 4.69) is 10.8 Å². The Morgan fingerprint density at radius 1 is 1.50 bits per heavy atom. The van der Waals surface area contributed by atoms with Gasteiger partial charge in [0.2, 0.25) is 0 Å². The molecule has 3 heteroatoms. The molecule has 1 aromatic carbocycles. The van der Waals surface area contributed by atoms with Crippen molar-refractivity contribution in [2.24, 2.45) is 0 Å². The minimum absolute atomic E-state index is 0.252. The molecular weight excluding hydrogens is 178 g/mol. The van der Waals surface area contributed by atoms with E-state index >= 15 is 0 Å². The maximum Gasteiger partial charge on any atom is 0.305 e. The van der Waals surface area contributed by atoms with Crippen molar-refractivity contribution in [1.82, 2.24) is 0 Å². The summed E-state index contributed by atoms with van der Waals surface area (Å²) in [6, 6.07) is 9.34. The summed E-state index contributed by atoms with van der Waals surface area (Å²) >= 11 is 0. The van der Waals surface area contributed by atoms with Gasteiger partial charge in [0, 0.05) is 6.42 Å². The molecule has 0 saturated carbocycles. The van der Waals surface area contributed by atoms with Gasteiger partial charge in [0.05, 0.1) is 18.7 Å². The maximum absolute atomic E-state index is 10.9. The molecule has 0 bridgehead atoms. The Morgan fingerprint density at radius 3 is 2.86 bits per heavy atom. The van der Waals surface area contributed by atoms with Crippen LogP contribution in [0.1, 0.15) is 17.5 Å². The van der Waals surface area contributed by atoms with Crippen LogP contribution in [0.25, 0.3) is 0 Å². The number of carbonyl (C=O) groups excluding carboxylic acids is 1. The largest absolute Gasteiger partial charge is 0.469 e. The van der Waals surface area contributed by atoms with E-state index in [1.54, 1.807) is 12.1 Å². The lowest BCUT2D eigenvalue weighted by Gasteiger charge is -2.01. The molecule has 1 rings (SSSR count). The summed E-state index contributed by atoms with van der Waals surface area (Å²) in [4.78, 5) is 10.9. The smallest absolute Gasteiger partial charge is 0.305 e. The number of benzene rings is 1. The molecule has 0 unspecified atom stereocenters. The molecule has 72 valence electrons. The Balaban J connectivity index is 2.68. The van der Waals surface area contributed by atoms with Crippen LogP contribution in [-0.2, 0) is 16.0 Å². The van der Waals surface area contributed by atoms with Gasteiger partial charge in [0.25, 0.3) is 0 Å². The van der Waals surface area contributed by atoms with Crippen molar-refractivity contribution in [3.63, 3.8) is 0 Å². The van der Waals surface area contributed by atoms with E-state index in [1.165, 1.54) is 7.11 Å². The zero-order chi connectivity index (χ0) is 10.4. The summed E-state index contributed by atoms with van der Waals surface area (Å²) in [7, 11) is 1.36. The van der Waals surface area contributed by atoms with Gasteiger partial charge in [0.15, 0.2) is 0 Å². The molecule has 0 amide bonds. The quantitative estimate of drug-likeness (QED) is 0.679. The van der Waals surface area contributed by atoms with Crippen molar-refractivity contribution in [1.29, 1.82) is 5.26 Å². The van der Waals surface area contributed by atoms with E-state index in [9.17, 15) is 4.79 Å². The molecule has 0 fully saturated rings. The summed E-state index contributed by atoms with van der Waals surface area (Å²) in [5.41, 5.74) is 1.51. The lowest BCUT2D eigenvalue weighted by molar-refractivity contribution is -0.140. The lowest BCUT2D eigenvalue weighted by atomic mass is 10.0. The number of nitrogens with zero attached hydrogens (tertiary/aromatic N) is 1. The second-order valence-electron chi connectivity index (χ2n) is 2.85. The van der Waals surface area contributed by atoms with Crippen molar-refractivity contribution in [2.45, 2.75) is 12.8 Å². The van der Waals surface area contributed by atoms with Crippen molar-refractivity contribution >= 4 is 5.97 Å². The van der Waals surface area contributed by atoms with Crippen LogP contribution in [0.4, 0.5) is 0 Å². The first-order valence-corrected chi connectivity index (χ1v) is 4.32. The highest BCUT2D eigenvalue weighted by Crippen LogP contribution is 2.09. The Bertz CT molecular complexity index is 366. The number of ether oxygens (including phenoxy) is 1. The van der Waals surface area contributed by atoms with Gasteiger partial charge in [-0.15, -0.1) is 0 Å². The average molecular weight is 189 g/mol. The van der Waals surface area contributed by atoms with Crippen LogP contribution >= 0.6 is 0 Å². The van der Waals surface area contributed by atoms with Gasteiger partial charge in [0.1, 0.15) is 0 Å².